The second kappa shape index (κ2) is 9.80. The van der Waals surface area contributed by atoms with Crippen LogP contribution in [0.2, 0.25) is 0 Å². The Kier molecular flexibility index (Phi) is 6.92. The van der Waals surface area contributed by atoms with Crippen molar-refractivity contribution in [3.63, 3.8) is 0 Å². The number of aromatic hydroxyl groups is 1. The number of benzene rings is 2. The zero-order valence-corrected chi connectivity index (χ0v) is 17.5. The number of amides is 1. The molecule has 3 aromatic rings. The molecule has 3 rings (SSSR count). The summed E-state index contributed by atoms with van der Waals surface area (Å²) >= 11 is 0. The average molecular weight is 423 g/mol. The van der Waals surface area contributed by atoms with Crippen molar-refractivity contribution >= 4 is 28.5 Å². The lowest BCUT2D eigenvalue weighted by Gasteiger charge is -2.15. The van der Waals surface area contributed by atoms with Crippen LogP contribution in [0.4, 0.5) is 5.69 Å². The number of anilines is 1. The lowest BCUT2D eigenvalue weighted by molar-refractivity contribution is 0.0526. The number of phenolic OH excluding ortho intramolecular Hbond substituents is 1. The monoisotopic (exact) mass is 423 g/mol. The van der Waals surface area contributed by atoms with Gasteiger partial charge in [-0.05, 0) is 44.5 Å². The normalized spacial score (nSPS) is 10.6. The molecule has 4 N–H and O–H groups in total. The Morgan fingerprint density at radius 1 is 1.16 bits per heavy atom. The molecule has 0 radical (unpaired) electrons. The summed E-state index contributed by atoms with van der Waals surface area (Å²) in [7, 11) is 0. The van der Waals surface area contributed by atoms with E-state index >= 15 is 0 Å². The summed E-state index contributed by atoms with van der Waals surface area (Å²) in [4.78, 5) is 28.9. The minimum atomic E-state index is -0.520. The first-order valence-corrected chi connectivity index (χ1v) is 9.99. The maximum absolute atomic E-state index is 12.3. The van der Waals surface area contributed by atoms with Gasteiger partial charge in [-0.1, -0.05) is 18.2 Å². The predicted octanol–water partition coefficient (Wildman–Crippen LogP) is 3.21. The Morgan fingerprint density at radius 2 is 1.94 bits per heavy atom. The molecule has 0 fully saturated rings. The number of nitrogens with zero attached hydrogens (tertiary/aromatic N) is 1. The van der Waals surface area contributed by atoms with Gasteiger partial charge < -0.3 is 25.6 Å². The van der Waals surface area contributed by atoms with E-state index < -0.39 is 5.97 Å². The third-order valence-electron chi connectivity index (χ3n) is 4.69. The van der Waals surface area contributed by atoms with E-state index in [1.807, 2.05) is 0 Å². The van der Waals surface area contributed by atoms with E-state index in [1.165, 1.54) is 6.07 Å². The second-order valence-corrected chi connectivity index (χ2v) is 6.83. The number of hydrogen-bond acceptors (Lipinski definition) is 7. The number of nitrogens with one attached hydrogen (secondary N) is 1. The van der Waals surface area contributed by atoms with Gasteiger partial charge in [0.25, 0.3) is 5.91 Å². The molecule has 8 heteroatoms. The Bertz CT molecular complexity index is 1110. The van der Waals surface area contributed by atoms with Crippen LogP contribution in [0.25, 0.3) is 10.9 Å². The molecule has 2 aromatic carbocycles. The van der Waals surface area contributed by atoms with Gasteiger partial charge in [0, 0.05) is 6.54 Å². The number of carbonyl (C=O) groups excluding carboxylic acids is 2. The number of nitrogens with two attached hydrogens (primary N) is 1. The number of esters is 1. The molecule has 1 heterocycles. The number of rotatable bonds is 8. The average Bonchev–Trinajstić information content (AvgIpc) is 2.73. The van der Waals surface area contributed by atoms with E-state index in [-0.39, 0.29) is 35.1 Å². The molecular formula is C23H25N3O5. The van der Waals surface area contributed by atoms with Gasteiger partial charge in [-0.25, -0.2) is 4.79 Å². The van der Waals surface area contributed by atoms with Gasteiger partial charge in [-0.15, -0.1) is 0 Å². The van der Waals surface area contributed by atoms with Crippen molar-refractivity contribution in [1.29, 1.82) is 0 Å². The van der Waals surface area contributed by atoms with Crippen LogP contribution in [0.5, 0.6) is 11.5 Å². The first-order valence-electron chi connectivity index (χ1n) is 9.99. The van der Waals surface area contributed by atoms with Crippen molar-refractivity contribution in [2.45, 2.75) is 20.3 Å². The highest BCUT2D eigenvalue weighted by Gasteiger charge is 2.20. The molecule has 0 spiro atoms. The summed E-state index contributed by atoms with van der Waals surface area (Å²) in [6.45, 7) is 4.34. The van der Waals surface area contributed by atoms with Crippen molar-refractivity contribution in [1.82, 2.24) is 10.3 Å². The van der Waals surface area contributed by atoms with E-state index in [1.54, 1.807) is 50.2 Å². The lowest BCUT2D eigenvalue weighted by Crippen LogP contribution is -2.25. The summed E-state index contributed by atoms with van der Waals surface area (Å²) < 4.78 is 11.0. The van der Waals surface area contributed by atoms with Crippen molar-refractivity contribution in [2.24, 2.45) is 0 Å². The standard InChI is InChI=1S/C23H25N3O5/c1-3-30-23(29)19-14(2)26-16-9-6-11-18(20(16)21(19)24)31-13-7-12-25-22(28)15-8-4-5-10-17(15)27/h4-6,8-11,27H,3,7,12-13H2,1-2H3,(H2,24,26)(H,25,28). The molecule has 8 nitrogen and oxygen atoms in total. The molecule has 0 atom stereocenters. The minimum Gasteiger partial charge on any atom is -0.507 e. The maximum Gasteiger partial charge on any atom is 0.342 e. The van der Waals surface area contributed by atoms with Crippen LogP contribution in [-0.4, -0.2) is 41.7 Å². The summed E-state index contributed by atoms with van der Waals surface area (Å²) in [5, 5.41) is 13.0. The largest absolute Gasteiger partial charge is 0.507 e. The zero-order chi connectivity index (χ0) is 22.4. The molecular weight excluding hydrogens is 398 g/mol. The van der Waals surface area contributed by atoms with Gasteiger partial charge in [0.2, 0.25) is 0 Å². The van der Waals surface area contributed by atoms with Crippen LogP contribution >= 0.6 is 0 Å². The molecule has 31 heavy (non-hydrogen) atoms. The fourth-order valence-corrected chi connectivity index (χ4v) is 3.24. The quantitative estimate of drug-likeness (QED) is 0.375. The lowest BCUT2D eigenvalue weighted by atomic mass is 10.1. The first kappa shape index (κ1) is 21.9. The van der Waals surface area contributed by atoms with Crippen LogP contribution in [-0.2, 0) is 4.74 Å². The van der Waals surface area contributed by atoms with Crippen LogP contribution in [0.1, 0.15) is 39.8 Å². The number of fused-ring (bicyclic) bond motifs is 1. The summed E-state index contributed by atoms with van der Waals surface area (Å²) in [6, 6.07) is 11.7. The first-order chi connectivity index (χ1) is 14.9. The molecule has 0 aliphatic carbocycles. The van der Waals surface area contributed by atoms with E-state index in [2.05, 4.69) is 10.3 Å². The number of phenols is 1. The number of nitrogen functional groups attached to an aromatic ring is 1. The summed E-state index contributed by atoms with van der Waals surface area (Å²) in [5.41, 5.74) is 8.14. The van der Waals surface area contributed by atoms with Crippen molar-refractivity contribution in [2.75, 3.05) is 25.5 Å². The number of pyridine rings is 1. The van der Waals surface area contributed by atoms with Crippen molar-refractivity contribution in [3.8, 4) is 11.5 Å². The minimum absolute atomic E-state index is 0.0670. The van der Waals surface area contributed by atoms with Crippen LogP contribution in [0, 0.1) is 6.92 Å². The molecule has 0 aliphatic heterocycles. The highest BCUT2D eigenvalue weighted by molar-refractivity contribution is 6.07. The molecule has 0 bridgehead atoms. The van der Waals surface area contributed by atoms with Gasteiger partial charge in [0.1, 0.15) is 17.1 Å². The summed E-state index contributed by atoms with van der Waals surface area (Å²) in [5.74, 6) is -0.442. The molecule has 0 unspecified atom stereocenters. The number of aromatic nitrogens is 1. The van der Waals surface area contributed by atoms with Gasteiger partial charge in [0.05, 0.1) is 41.1 Å². The van der Waals surface area contributed by atoms with Crippen molar-refractivity contribution < 1.29 is 24.2 Å². The van der Waals surface area contributed by atoms with E-state index in [0.717, 1.165) is 0 Å². The zero-order valence-electron chi connectivity index (χ0n) is 17.5. The van der Waals surface area contributed by atoms with Crippen molar-refractivity contribution in [3.05, 3.63) is 59.3 Å². The van der Waals surface area contributed by atoms with Gasteiger partial charge in [0.15, 0.2) is 0 Å². The smallest absolute Gasteiger partial charge is 0.342 e. The number of para-hydroxylation sites is 1. The molecule has 1 aromatic heterocycles. The van der Waals surface area contributed by atoms with Gasteiger partial charge in [-0.3, -0.25) is 9.78 Å². The Balaban J connectivity index is 1.68. The third-order valence-corrected chi connectivity index (χ3v) is 4.69. The number of ether oxygens (including phenoxy) is 2. The Morgan fingerprint density at radius 3 is 2.68 bits per heavy atom. The Hall–Kier alpha value is -3.81. The topological polar surface area (TPSA) is 124 Å². The fourth-order valence-electron chi connectivity index (χ4n) is 3.24. The highest BCUT2D eigenvalue weighted by atomic mass is 16.5. The van der Waals surface area contributed by atoms with Gasteiger partial charge >= 0.3 is 5.97 Å². The van der Waals surface area contributed by atoms with Crippen LogP contribution in [0.15, 0.2) is 42.5 Å². The second-order valence-electron chi connectivity index (χ2n) is 6.83. The van der Waals surface area contributed by atoms with E-state index in [9.17, 15) is 14.7 Å². The highest BCUT2D eigenvalue weighted by Crippen LogP contribution is 2.33. The molecule has 0 saturated heterocycles. The molecule has 162 valence electrons. The fraction of sp³-hybridized carbons (Fsp3) is 0.261. The number of hydrogen-bond donors (Lipinski definition) is 3. The number of carbonyl (C=O) groups is 2. The molecule has 1 amide bonds. The van der Waals surface area contributed by atoms with Crippen LogP contribution in [0.3, 0.4) is 0 Å². The predicted molar refractivity (Wildman–Crippen MR) is 117 cm³/mol. The van der Waals surface area contributed by atoms with E-state index in [4.69, 9.17) is 15.2 Å². The molecule has 0 saturated carbocycles. The third kappa shape index (κ3) is 4.85. The summed E-state index contributed by atoms with van der Waals surface area (Å²) in [6.07, 6.45) is 0.527. The van der Waals surface area contributed by atoms with Gasteiger partial charge in [-0.2, -0.15) is 0 Å². The Labute approximate surface area is 180 Å². The van der Waals surface area contributed by atoms with Crippen LogP contribution < -0.4 is 15.8 Å². The SMILES string of the molecule is CCOC(=O)c1c(C)nc2cccc(OCCCNC(=O)c3ccccc3O)c2c1N. The van der Waals surface area contributed by atoms with E-state index in [0.29, 0.717) is 41.9 Å². The maximum atomic E-state index is 12.3. The molecule has 0 aliphatic rings. The number of aryl methyl sites for hydroxylation is 1.